The summed E-state index contributed by atoms with van der Waals surface area (Å²) in [7, 11) is 0. The van der Waals surface area contributed by atoms with Crippen LogP contribution in [-0.2, 0) is 6.18 Å². The lowest BCUT2D eigenvalue weighted by atomic mass is 10.1. The molecule has 2 aromatic carbocycles. The molecule has 8 nitrogen and oxygen atoms in total. The lowest BCUT2D eigenvalue weighted by molar-refractivity contribution is -0.385. The number of rotatable bonds is 5. The van der Waals surface area contributed by atoms with Crippen LogP contribution in [-0.4, -0.2) is 34.3 Å². The van der Waals surface area contributed by atoms with Gasteiger partial charge in [-0.25, -0.2) is 4.79 Å². The van der Waals surface area contributed by atoms with Crippen molar-refractivity contribution < 1.29 is 37.8 Å². The summed E-state index contributed by atoms with van der Waals surface area (Å²) in [6, 6.07) is 5.27. The number of halogens is 4. The highest BCUT2D eigenvalue weighted by atomic mass is 35.5. The highest BCUT2D eigenvalue weighted by Crippen LogP contribution is 2.37. The smallest absolute Gasteiger partial charge is 0.416 e. The molecule has 0 bridgehead atoms. The normalized spacial score (nSPS) is 10.6. The zero-order valence-electron chi connectivity index (χ0n) is 13.9. The fourth-order valence-corrected chi connectivity index (χ4v) is 2.02. The molecule has 152 valence electrons. The second-order valence-electron chi connectivity index (χ2n) is 5.00. The number of ether oxygens (including phenoxy) is 1. The SMILES string of the molecule is NCCO.O=C(O)c1cc(Oc2ccc(C(F)(F)F)cc2Cl)ccc1[N+](=O)[O-]. The van der Waals surface area contributed by atoms with Crippen LogP contribution in [0.25, 0.3) is 0 Å². The van der Waals surface area contributed by atoms with Crippen molar-refractivity contribution in [1.82, 2.24) is 0 Å². The summed E-state index contributed by atoms with van der Waals surface area (Å²) >= 11 is 5.72. The molecule has 0 atom stereocenters. The first-order chi connectivity index (χ1) is 13.0. The number of hydrogen-bond donors (Lipinski definition) is 3. The van der Waals surface area contributed by atoms with Gasteiger partial charge in [-0.2, -0.15) is 13.2 Å². The molecule has 0 amide bonds. The first-order valence-electron chi connectivity index (χ1n) is 7.38. The number of nitro groups is 1. The number of nitro benzene ring substituents is 1. The van der Waals surface area contributed by atoms with E-state index in [1.54, 1.807) is 0 Å². The van der Waals surface area contributed by atoms with Crippen molar-refractivity contribution in [2.75, 3.05) is 13.2 Å². The predicted molar refractivity (Wildman–Crippen MR) is 92.7 cm³/mol. The van der Waals surface area contributed by atoms with Crippen LogP contribution in [0.1, 0.15) is 15.9 Å². The summed E-state index contributed by atoms with van der Waals surface area (Å²) < 4.78 is 42.9. The fraction of sp³-hybridized carbons (Fsp3) is 0.188. The average molecular weight is 423 g/mol. The quantitative estimate of drug-likeness (QED) is 0.493. The first kappa shape index (κ1) is 23.1. The number of benzene rings is 2. The van der Waals surface area contributed by atoms with Crippen molar-refractivity contribution in [3.63, 3.8) is 0 Å². The van der Waals surface area contributed by atoms with Crippen molar-refractivity contribution in [2.45, 2.75) is 6.18 Å². The third-order valence-corrected chi connectivity index (χ3v) is 3.31. The van der Waals surface area contributed by atoms with Crippen LogP contribution < -0.4 is 10.5 Å². The molecule has 0 saturated heterocycles. The fourth-order valence-electron chi connectivity index (χ4n) is 1.80. The van der Waals surface area contributed by atoms with E-state index in [1.165, 1.54) is 0 Å². The molecule has 0 aromatic heterocycles. The molecule has 0 saturated carbocycles. The Morgan fingerprint density at radius 1 is 1.25 bits per heavy atom. The number of carboxylic acid groups (broad SMARTS) is 1. The number of nitrogens with zero attached hydrogens (tertiary/aromatic N) is 1. The maximum atomic E-state index is 12.6. The van der Waals surface area contributed by atoms with Gasteiger partial charge < -0.3 is 20.7 Å². The van der Waals surface area contributed by atoms with Gasteiger partial charge in [0.15, 0.2) is 0 Å². The van der Waals surface area contributed by atoms with Gasteiger partial charge in [-0.15, -0.1) is 0 Å². The molecule has 0 radical (unpaired) electrons. The lowest BCUT2D eigenvalue weighted by Crippen LogP contribution is -2.05. The van der Waals surface area contributed by atoms with Gasteiger partial charge in [0, 0.05) is 18.7 Å². The van der Waals surface area contributed by atoms with Crippen molar-refractivity contribution in [3.05, 3.63) is 62.7 Å². The number of aliphatic hydroxyl groups is 1. The Bertz CT molecular complexity index is 859. The van der Waals surface area contributed by atoms with E-state index in [0.29, 0.717) is 12.6 Å². The summed E-state index contributed by atoms with van der Waals surface area (Å²) in [4.78, 5) is 20.9. The maximum absolute atomic E-state index is 12.6. The molecule has 2 rings (SSSR count). The molecule has 0 aliphatic carbocycles. The van der Waals surface area contributed by atoms with Gasteiger partial charge >= 0.3 is 12.1 Å². The molecular weight excluding hydrogens is 409 g/mol. The number of carboxylic acids is 1. The zero-order valence-corrected chi connectivity index (χ0v) is 14.7. The number of nitrogens with two attached hydrogens (primary N) is 1. The van der Waals surface area contributed by atoms with Gasteiger partial charge in [0.1, 0.15) is 17.1 Å². The largest absolute Gasteiger partial charge is 0.477 e. The van der Waals surface area contributed by atoms with Gasteiger partial charge in [0.2, 0.25) is 0 Å². The van der Waals surface area contributed by atoms with Crippen molar-refractivity contribution in [1.29, 1.82) is 0 Å². The Kier molecular flexibility index (Phi) is 8.16. The second-order valence-corrected chi connectivity index (χ2v) is 5.41. The van der Waals surface area contributed by atoms with E-state index in [-0.39, 0.29) is 23.1 Å². The Morgan fingerprint density at radius 2 is 1.86 bits per heavy atom. The topological polar surface area (TPSA) is 136 Å². The van der Waals surface area contributed by atoms with E-state index in [9.17, 15) is 28.1 Å². The third-order valence-electron chi connectivity index (χ3n) is 3.01. The predicted octanol–water partition coefficient (Wildman–Crippen LogP) is 3.69. The summed E-state index contributed by atoms with van der Waals surface area (Å²) in [5.74, 6) is -1.83. The molecule has 12 heteroatoms. The molecule has 0 spiro atoms. The van der Waals surface area contributed by atoms with E-state index >= 15 is 0 Å². The minimum Gasteiger partial charge on any atom is -0.477 e. The Labute approximate surface area is 161 Å². The Morgan fingerprint density at radius 3 is 2.29 bits per heavy atom. The molecule has 0 heterocycles. The number of aromatic carboxylic acids is 1. The molecule has 28 heavy (non-hydrogen) atoms. The first-order valence-corrected chi connectivity index (χ1v) is 7.76. The van der Waals surface area contributed by atoms with Gasteiger partial charge in [0.25, 0.3) is 5.69 Å². The summed E-state index contributed by atoms with van der Waals surface area (Å²) in [5, 5.41) is 27.1. The van der Waals surface area contributed by atoms with Crippen LogP contribution in [0.4, 0.5) is 18.9 Å². The number of hydrogen-bond acceptors (Lipinski definition) is 6. The van der Waals surface area contributed by atoms with Crippen LogP contribution in [0.15, 0.2) is 36.4 Å². The van der Waals surface area contributed by atoms with Gasteiger partial charge in [0.05, 0.1) is 22.1 Å². The zero-order chi connectivity index (χ0) is 21.5. The Hall–Kier alpha value is -2.89. The molecule has 4 N–H and O–H groups in total. The highest BCUT2D eigenvalue weighted by molar-refractivity contribution is 6.32. The Balaban J connectivity index is 0.000000892. The van der Waals surface area contributed by atoms with E-state index in [4.69, 9.17) is 32.3 Å². The monoisotopic (exact) mass is 422 g/mol. The van der Waals surface area contributed by atoms with E-state index in [1.807, 2.05) is 0 Å². The van der Waals surface area contributed by atoms with E-state index in [0.717, 1.165) is 30.3 Å². The van der Waals surface area contributed by atoms with Crippen molar-refractivity contribution >= 4 is 23.3 Å². The maximum Gasteiger partial charge on any atom is 0.416 e. The van der Waals surface area contributed by atoms with Crippen LogP contribution in [0.3, 0.4) is 0 Å². The number of alkyl halides is 3. The molecule has 0 unspecified atom stereocenters. The summed E-state index contributed by atoms with van der Waals surface area (Å²) in [6.45, 7) is 0.472. The molecule has 2 aromatic rings. The summed E-state index contributed by atoms with van der Waals surface area (Å²) in [5.41, 5.74) is 2.53. The van der Waals surface area contributed by atoms with Crippen LogP contribution >= 0.6 is 11.6 Å². The number of aliphatic hydroxyl groups excluding tert-OH is 1. The summed E-state index contributed by atoms with van der Waals surface area (Å²) in [6.07, 6.45) is -4.58. The minimum absolute atomic E-state index is 0.0972. The van der Waals surface area contributed by atoms with Crippen LogP contribution in [0.5, 0.6) is 11.5 Å². The minimum atomic E-state index is -4.58. The molecule has 0 fully saturated rings. The average Bonchev–Trinajstić information content (AvgIpc) is 2.62. The standard InChI is InChI=1S/C14H7ClF3NO5.C2H7NO/c15-10-5-7(14(16,17)18)1-4-12(10)24-8-2-3-11(19(22)23)9(6-8)13(20)21;3-1-2-4/h1-6H,(H,20,21);4H,1-3H2. The molecule has 0 aliphatic rings. The van der Waals surface area contributed by atoms with Crippen LogP contribution in [0.2, 0.25) is 5.02 Å². The number of carbonyl (C=O) groups is 1. The van der Waals surface area contributed by atoms with Crippen LogP contribution in [0, 0.1) is 10.1 Å². The lowest BCUT2D eigenvalue weighted by Gasteiger charge is -2.11. The van der Waals surface area contributed by atoms with Gasteiger partial charge in [-0.05, 0) is 24.3 Å². The molecule has 0 aliphatic heterocycles. The van der Waals surface area contributed by atoms with Crippen molar-refractivity contribution in [2.24, 2.45) is 5.73 Å². The van der Waals surface area contributed by atoms with E-state index in [2.05, 4.69) is 0 Å². The van der Waals surface area contributed by atoms with Gasteiger partial charge in [-0.3, -0.25) is 10.1 Å². The molecular formula is C16H14ClF3N2O6. The van der Waals surface area contributed by atoms with Crippen molar-refractivity contribution in [3.8, 4) is 11.5 Å². The second kappa shape index (κ2) is 9.88. The van der Waals surface area contributed by atoms with E-state index < -0.39 is 33.9 Å². The highest BCUT2D eigenvalue weighted by Gasteiger charge is 2.31. The van der Waals surface area contributed by atoms with Gasteiger partial charge in [-0.1, -0.05) is 11.6 Å². The third kappa shape index (κ3) is 6.37.